The van der Waals surface area contributed by atoms with Crippen LogP contribution in [0.3, 0.4) is 0 Å². The van der Waals surface area contributed by atoms with Crippen LogP contribution in [0.2, 0.25) is 0 Å². The van der Waals surface area contributed by atoms with Gasteiger partial charge in [-0.3, -0.25) is 0 Å². The number of nitrogens with two attached hydrogens (primary N) is 1. The fraction of sp³-hybridized carbons (Fsp3) is 0.200. The molecule has 0 radical (unpaired) electrons. The van der Waals surface area contributed by atoms with Gasteiger partial charge in [0.05, 0.1) is 4.90 Å². The molecule has 0 bridgehead atoms. The third kappa shape index (κ3) is 3.18. The monoisotopic (exact) mass is 290 g/mol. The van der Waals surface area contributed by atoms with Crippen molar-refractivity contribution in [3.63, 3.8) is 0 Å². The Hall–Kier alpha value is -1.85. The molecule has 0 aliphatic rings. The molecule has 0 saturated carbocycles. The number of sulfonamides is 1. The molecule has 0 aliphatic carbocycles. The molecule has 5 heteroatoms. The average Bonchev–Trinajstić information content (AvgIpc) is 2.38. The first kappa shape index (κ1) is 14.6. The number of benzene rings is 2. The van der Waals surface area contributed by atoms with Crippen molar-refractivity contribution in [1.82, 2.24) is 4.72 Å². The Morgan fingerprint density at radius 2 is 1.75 bits per heavy atom. The van der Waals surface area contributed by atoms with Crippen molar-refractivity contribution in [1.29, 1.82) is 0 Å². The summed E-state index contributed by atoms with van der Waals surface area (Å²) in [4.78, 5) is 0.259. The van der Waals surface area contributed by atoms with Crippen molar-refractivity contribution in [2.45, 2.75) is 24.8 Å². The number of nitrogen functional groups attached to an aromatic ring is 1. The Bertz CT molecular complexity index is 697. The van der Waals surface area contributed by atoms with E-state index in [1.807, 2.05) is 37.3 Å². The summed E-state index contributed by atoms with van der Waals surface area (Å²) in [5, 5.41) is 0. The van der Waals surface area contributed by atoms with Gasteiger partial charge in [-0.1, -0.05) is 30.3 Å². The van der Waals surface area contributed by atoms with Gasteiger partial charge in [0.2, 0.25) is 10.0 Å². The minimum atomic E-state index is -3.56. The minimum absolute atomic E-state index is 0.259. The Balaban J connectivity index is 2.28. The highest BCUT2D eigenvalue weighted by Gasteiger charge is 2.20. The van der Waals surface area contributed by atoms with Gasteiger partial charge in [0.1, 0.15) is 0 Å². The average molecular weight is 290 g/mol. The van der Waals surface area contributed by atoms with Gasteiger partial charge in [0, 0.05) is 11.7 Å². The first-order valence-corrected chi connectivity index (χ1v) is 7.82. The number of anilines is 1. The zero-order valence-corrected chi connectivity index (χ0v) is 12.3. The summed E-state index contributed by atoms with van der Waals surface area (Å²) in [7, 11) is -3.56. The molecule has 0 heterocycles. The number of hydrogen-bond acceptors (Lipinski definition) is 3. The second-order valence-corrected chi connectivity index (χ2v) is 6.46. The van der Waals surface area contributed by atoms with E-state index in [1.165, 1.54) is 6.07 Å². The first-order chi connectivity index (χ1) is 9.40. The molecule has 0 aromatic heterocycles. The maximum atomic E-state index is 12.4. The third-order valence-corrected chi connectivity index (χ3v) is 4.82. The van der Waals surface area contributed by atoms with E-state index >= 15 is 0 Å². The van der Waals surface area contributed by atoms with E-state index in [1.54, 1.807) is 19.1 Å². The van der Waals surface area contributed by atoms with E-state index in [4.69, 9.17) is 5.73 Å². The van der Waals surface area contributed by atoms with Gasteiger partial charge >= 0.3 is 0 Å². The molecule has 0 fully saturated rings. The molecule has 4 nitrogen and oxygen atoms in total. The Kier molecular flexibility index (Phi) is 4.11. The highest BCUT2D eigenvalue weighted by atomic mass is 32.2. The van der Waals surface area contributed by atoms with Crippen molar-refractivity contribution >= 4 is 15.7 Å². The lowest BCUT2D eigenvalue weighted by Crippen LogP contribution is -2.27. The predicted molar refractivity (Wildman–Crippen MR) is 80.8 cm³/mol. The zero-order valence-electron chi connectivity index (χ0n) is 11.5. The zero-order chi connectivity index (χ0) is 14.8. The molecule has 0 aliphatic heterocycles. The van der Waals surface area contributed by atoms with E-state index in [0.29, 0.717) is 11.3 Å². The van der Waals surface area contributed by atoms with Crippen LogP contribution >= 0.6 is 0 Å². The van der Waals surface area contributed by atoms with Crippen LogP contribution in [0.25, 0.3) is 0 Å². The van der Waals surface area contributed by atoms with E-state index in [2.05, 4.69) is 4.72 Å². The summed E-state index contributed by atoms with van der Waals surface area (Å²) >= 11 is 0. The second-order valence-electron chi connectivity index (χ2n) is 4.78. The molecule has 2 rings (SSSR count). The van der Waals surface area contributed by atoms with Gasteiger partial charge in [0.25, 0.3) is 0 Å². The number of hydrogen-bond donors (Lipinski definition) is 2. The number of nitrogens with one attached hydrogen (secondary N) is 1. The Morgan fingerprint density at radius 3 is 2.35 bits per heavy atom. The molecule has 0 saturated heterocycles. The van der Waals surface area contributed by atoms with Gasteiger partial charge in [0.15, 0.2) is 0 Å². The van der Waals surface area contributed by atoms with Crippen LogP contribution in [0.5, 0.6) is 0 Å². The van der Waals surface area contributed by atoms with Crippen molar-refractivity contribution in [2.75, 3.05) is 5.73 Å². The number of rotatable bonds is 4. The van der Waals surface area contributed by atoms with Gasteiger partial charge in [-0.15, -0.1) is 0 Å². The van der Waals surface area contributed by atoms with Crippen molar-refractivity contribution < 1.29 is 8.42 Å². The van der Waals surface area contributed by atoms with Crippen molar-refractivity contribution in [2.24, 2.45) is 0 Å². The molecule has 0 amide bonds. The van der Waals surface area contributed by atoms with Gasteiger partial charge in [-0.25, -0.2) is 13.1 Å². The lowest BCUT2D eigenvalue weighted by Gasteiger charge is -2.16. The van der Waals surface area contributed by atoms with Gasteiger partial charge in [-0.2, -0.15) is 0 Å². The SMILES string of the molecule is Cc1cc(N)ccc1S(=O)(=O)N[C@@H](C)c1ccccc1. The van der Waals surface area contributed by atoms with Gasteiger partial charge in [-0.05, 0) is 43.2 Å². The highest BCUT2D eigenvalue weighted by Crippen LogP contribution is 2.21. The maximum Gasteiger partial charge on any atom is 0.241 e. The predicted octanol–water partition coefficient (Wildman–Crippen LogP) is 2.62. The van der Waals surface area contributed by atoms with Crippen LogP contribution in [0.4, 0.5) is 5.69 Å². The fourth-order valence-corrected chi connectivity index (χ4v) is 3.54. The smallest absolute Gasteiger partial charge is 0.241 e. The Morgan fingerprint density at radius 1 is 1.10 bits per heavy atom. The summed E-state index contributed by atoms with van der Waals surface area (Å²) < 4.78 is 27.5. The first-order valence-electron chi connectivity index (χ1n) is 6.33. The van der Waals surface area contributed by atoms with Crippen LogP contribution < -0.4 is 10.5 Å². The van der Waals surface area contributed by atoms with E-state index in [0.717, 1.165) is 5.56 Å². The minimum Gasteiger partial charge on any atom is -0.399 e. The van der Waals surface area contributed by atoms with Crippen LogP contribution in [0.15, 0.2) is 53.4 Å². The molecule has 106 valence electrons. The second kappa shape index (κ2) is 5.64. The van der Waals surface area contributed by atoms with Crippen molar-refractivity contribution in [3.05, 3.63) is 59.7 Å². The molecular weight excluding hydrogens is 272 g/mol. The summed E-state index contributed by atoms with van der Waals surface area (Å²) in [6.07, 6.45) is 0. The van der Waals surface area contributed by atoms with Crippen LogP contribution in [0, 0.1) is 6.92 Å². The lowest BCUT2D eigenvalue weighted by molar-refractivity contribution is 0.566. The van der Waals surface area contributed by atoms with Crippen molar-refractivity contribution in [3.8, 4) is 0 Å². The molecule has 2 aromatic carbocycles. The topological polar surface area (TPSA) is 72.2 Å². The summed E-state index contributed by atoms with van der Waals surface area (Å²) in [5.41, 5.74) is 7.76. The largest absolute Gasteiger partial charge is 0.399 e. The molecule has 1 atom stereocenters. The maximum absolute atomic E-state index is 12.4. The normalized spacial score (nSPS) is 13.1. The van der Waals surface area contributed by atoms with E-state index < -0.39 is 10.0 Å². The van der Waals surface area contributed by atoms with Crippen LogP contribution in [-0.2, 0) is 10.0 Å². The van der Waals surface area contributed by atoms with Gasteiger partial charge < -0.3 is 5.73 Å². The standard InChI is InChI=1S/C15H18N2O2S/c1-11-10-14(16)8-9-15(11)20(18,19)17-12(2)13-6-4-3-5-7-13/h3-10,12,17H,16H2,1-2H3/t12-/m0/s1. The third-order valence-electron chi connectivity index (χ3n) is 3.12. The summed E-state index contributed by atoms with van der Waals surface area (Å²) in [5.74, 6) is 0. The van der Waals surface area contributed by atoms with E-state index in [9.17, 15) is 8.42 Å². The molecule has 0 spiro atoms. The molecule has 3 N–H and O–H groups in total. The fourth-order valence-electron chi connectivity index (χ4n) is 2.08. The van der Waals surface area contributed by atoms with E-state index in [-0.39, 0.29) is 10.9 Å². The molecule has 20 heavy (non-hydrogen) atoms. The molecular formula is C15H18N2O2S. The van der Waals surface area contributed by atoms with Crippen LogP contribution in [0.1, 0.15) is 24.1 Å². The molecule has 2 aromatic rings. The lowest BCUT2D eigenvalue weighted by atomic mass is 10.1. The van der Waals surface area contributed by atoms with Crippen LogP contribution in [-0.4, -0.2) is 8.42 Å². The summed E-state index contributed by atoms with van der Waals surface area (Å²) in [6.45, 7) is 3.55. The Labute approximate surface area is 119 Å². The molecule has 0 unspecified atom stereocenters. The highest BCUT2D eigenvalue weighted by molar-refractivity contribution is 7.89. The number of aryl methyl sites for hydroxylation is 1. The summed E-state index contributed by atoms with van der Waals surface area (Å²) in [6, 6.07) is 13.9. The quantitative estimate of drug-likeness (QED) is 0.850.